The third-order valence-electron chi connectivity index (χ3n) is 3.82. The van der Waals surface area contributed by atoms with Crippen LogP contribution in [0.25, 0.3) is 6.08 Å². The van der Waals surface area contributed by atoms with Crippen LogP contribution in [-0.4, -0.2) is 32.1 Å². The van der Waals surface area contributed by atoms with Crippen molar-refractivity contribution in [2.45, 2.75) is 13.3 Å². The number of rotatable bonds is 8. The van der Waals surface area contributed by atoms with Crippen molar-refractivity contribution >= 4 is 17.9 Å². The lowest BCUT2D eigenvalue weighted by molar-refractivity contribution is -0.117. The number of aryl methyl sites for hydroxylation is 1. The number of methoxy groups -OCH3 is 1. The summed E-state index contributed by atoms with van der Waals surface area (Å²) >= 11 is 0. The molecule has 2 N–H and O–H groups in total. The minimum Gasteiger partial charge on any atom is -0.385 e. The van der Waals surface area contributed by atoms with Crippen LogP contribution in [0.5, 0.6) is 0 Å². The summed E-state index contributed by atoms with van der Waals surface area (Å²) in [7, 11) is 1.58. The minimum atomic E-state index is -0.491. The van der Waals surface area contributed by atoms with Crippen molar-refractivity contribution in [2.24, 2.45) is 0 Å². The molecular formula is C21H23FN2O3. The average Bonchev–Trinajstić information content (AvgIpc) is 2.66. The van der Waals surface area contributed by atoms with Crippen molar-refractivity contribution in [1.29, 1.82) is 0 Å². The number of hydrogen-bond acceptors (Lipinski definition) is 3. The van der Waals surface area contributed by atoms with Gasteiger partial charge in [0.2, 0.25) is 0 Å². The lowest BCUT2D eigenvalue weighted by Gasteiger charge is -2.11. The molecule has 0 bridgehead atoms. The van der Waals surface area contributed by atoms with Gasteiger partial charge in [-0.2, -0.15) is 0 Å². The van der Waals surface area contributed by atoms with E-state index in [1.54, 1.807) is 43.5 Å². The van der Waals surface area contributed by atoms with Crippen LogP contribution in [0.4, 0.5) is 4.39 Å². The van der Waals surface area contributed by atoms with Crippen LogP contribution in [-0.2, 0) is 9.53 Å². The van der Waals surface area contributed by atoms with E-state index in [9.17, 15) is 14.0 Å². The third-order valence-corrected chi connectivity index (χ3v) is 3.82. The van der Waals surface area contributed by atoms with Crippen LogP contribution >= 0.6 is 0 Å². The summed E-state index contributed by atoms with van der Waals surface area (Å²) in [6.07, 6.45) is 1.95. The van der Waals surface area contributed by atoms with Crippen LogP contribution in [0, 0.1) is 12.7 Å². The van der Waals surface area contributed by atoms with Gasteiger partial charge in [0, 0.05) is 31.4 Å². The quantitative estimate of drug-likeness (QED) is 0.554. The lowest BCUT2D eigenvalue weighted by Crippen LogP contribution is -2.35. The zero-order valence-electron chi connectivity index (χ0n) is 15.4. The van der Waals surface area contributed by atoms with Gasteiger partial charge in [0.05, 0.1) is 0 Å². The van der Waals surface area contributed by atoms with Crippen molar-refractivity contribution in [3.05, 3.63) is 76.7 Å². The average molecular weight is 370 g/mol. The standard InChI is InChI=1S/C21H23FN2O3/c1-15-8-10-16(11-9-15)20(25)24-19(21(26)23-12-5-13-27-2)14-17-6-3-4-7-18(17)22/h3-4,6-11,14H,5,12-13H2,1-2H3,(H,23,26)(H,24,25)/b19-14+. The van der Waals surface area contributed by atoms with E-state index < -0.39 is 17.6 Å². The number of hydrogen-bond donors (Lipinski definition) is 2. The Kier molecular flexibility index (Phi) is 7.70. The molecule has 0 aliphatic heterocycles. The van der Waals surface area contributed by atoms with Crippen LogP contribution in [0.1, 0.15) is 27.9 Å². The Morgan fingerprint density at radius 3 is 2.48 bits per heavy atom. The second kappa shape index (κ2) is 10.2. The maximum absolute atomic E-state index is 14.0. The molecular weight excluding hydrogens is 347 g/mol. The number of carbonyl (C=O) groups excluding carboxylic acids is 2. The topological polar surface area (TPSA) is 67.4 Å². The molecule has 0 spiro atoms. The minimum absolute atomic E-state index is 0.0249. The third kappa shape index (κ3) is 6.34. The van der Waals surface area contributed by atoms with E-state index in [0.29, 0.717) is 25.1 Å². The first-order chi connectivity index (χ1) is 13.0. The van der Waals surface area contributed by atoms with E-state index in [0.717, 1.165) is 5.56 Å². The zero-order valence-corrected chi connectivity index (χ0v) is 15.4. The molecule has 0 atom stereocenters. The van der Waals surface area contributed by atoms with Gasteiger partial charge >= 0.3 is 0 Å². The van der Waals surface area contributed by atoms with Crippen LogP contribution in [0.15, 0.2) is 54.2 Å². The molecule has 2 amide bonds. The SMILES string of the molecule is COCCCNC(=O)/C(=C\c1ccccc1F)NC(=O)c1ccc(C)cc1. The summed E-state index contributed by atoms with van der Waals surface area (Å²) in [5.74, 6) is -1.41. The number of nitrogens with one attached hydrogen (secondary N) is 2. The second-order valence-corrected chi connectivity index (χ2v) is 6.00. The van der Waals surface area contributed by atoms with Gasteiger partial charge in [-0.15, -0.1) is 0 Å². The first-order valence-electron chi connectivity index (χ1n) is 8.62. The molecule has 142 valence electrons. The molecule has 2 aromatic rings. The first kappa shape index (κ1) is 20.3. The van der Waals surface area contributed by atoms with Gasteiger partial charge in [-0.1, -0.05) is 35.9 Å². The molecule has 5 nitrogen and oxygen atoms in total. The highest BCUT2D eigenvalue weighted by Gasteiger charge is 2.15. The Labute approximate surface area is 158 Å². The number of amides is 2. The Morgan fingerprint density at radius 1 is 1.11 bits per heavy atom. The van der Waals surface area contributed by atoms with Gasteiger partial charge < -0.3 is 15.4 Å². The summed E-state index contributed by atoms with van der Waals surface area (Å²) in [6, 6.07) is 13.0. The van der Waals surface area contributed by atoms with Crippen LogP contribution in [0.3, 0.4) is 0 Å². The monoisotopic (exact) mass is 370 g/mol. The van der Waals surface area contributed by atoms with Crippen molar-refractivity contribution in [2.75, 3.05) is 20.3 Å². The Balaban J connectivity index is 2.20. The zero-order chi connectivity index (χ0) is 19.6. The van der Waals surface area contributed by atoms with Gasteiger partial charge in [-0.3, -0.25) is 9.59 Å². The van der Waals surface area contributed by atoms with Crippen LogP contribution < -0.4 is 10.6 Å². The Hall–Kier alpha value is -2.99. The van der Waals surface area contributed by atoms with E-state index >= 15 is 0 Å². The molecule has 27 heavy (non-hydrogen) atoms. The molecule has 0 unspecified atom stereocenters. The largest absolute Gasteiger partial charge is 0.385 e. The summed E-state index contributed by atoms with van der Waals surface area (Å²) in [5.41, 5.74) is 1.61. The lowest BCUT2D eigenvalue weighted by atomic mass is 10.1. The molecule has 0 heterocycles. The Morgan fingerprint density at radius 2 is 1.81 bits per heavy atom. The molecule has 0 saturated carbocycles. The first-order valence-corrected chi connectivity index (χ1v) is 8.62. The number of benzene rings is 2. The highest BCUT2D eigenvalue weighted by molar-refractivity contribution is 6.05. The number of ether oxygens (including phenoxy) is 1. The fourth-order valence-electron chi connectivity index (χ4n) is 2.32. The van der Waals surface area contributed by atoms with E-state index in [2.05, 4.69) is 10.6 Å². The molecule has 0 aliphatic carbocycles. The fourth-order valence-corrected chi connectivity index (χ4v) is 2.32. The fraction of sp³-hybridized carbons (Fsp3) is 0.238. The number of halogens is 1. The van der Waals surface area contributed by atoms with Gasteiger partial charge in [0.1, 0.15) is 11.5 Å². The second-order valence-electron chi connectivity index (χ2n) is 6.00. The van der Waals surface area contributed by atoms with Crippen LogP contribution in [0.2, 0.25) is 0 Å². The maximum Gasteiger partial charge on any atom is 0.267 e. The molecule has 0 aliphatic rings. The van der Waals surface area contributed by atoms with Gasteiger partial charge in [0.25, 0.3) is 11.8 Å². The van der Waals surface area contributed by atoms with Crippen molar-refractivity contribution in [3.8, 4) is 0 Å². The van der Waals surface area contributed by atoms with Gasteiger partial charge in [-0.05, 0) is 37.6 Å². The summed E-state index contributed by atoms with van der Waals surface area (Å²) < 4.78 is 18.9. The predicted molar refractivity (Wildman–Crippen MR) is 103 cm³/mol. The van der Waals surface area contributed by atoms with Crippen molar-refractivity contribution in [3.63, 3.8) is 0 Å². The molecule has 0 saturated heterocycles. The van der Waals surface area contributed by atoms with Gasteiger partial charge in [0.15, 0.2) is 0 Å². The van der Waals surface area contributed by atoms with E-state index in [1.165, 1.54) is 18.2 Å². The smallest absolute Gasteiger partial charge is 0.267 e. The molecule has 6 heteroatoms. The highest BCUT2D eigenvalue weighted by Crippen LogP contribution is 2.12. The molecule has 2 rings (SSSR count). The summed E-state index contributed by atoms with van der Waals surface area (Å²) in [4.78, 5) is 25.0. The normalized spacial score (nSPS) is 11.1. The van der Waals surface area contributed by atoms with Gasteiger partial charge in [-0.25, -0.2) is 4.39 Å². The molecule has 2 aromatic carbocycles. The van der Waals surface area contributed by atoms with Crippen molar-refractivity contribution in [1.82, 2.24) is 10.6 Å². The summed E-state index contributed by atoms with van der Waals surface area (Å²) in [6.45, 7) is 2.79. The maximum atomic E-state index is 14.0. The highest BCUT2D eigenvalue weighted by atomic mass is 19.1. The molecule has 0 aromatic heterocycles. The Bertz CT molecular complexity index is 816. The predicted octanol–water partition coefficient (Wildman–Crippen LogP) is 3.06. The van der Waals surface area contributed by atoms with E-state index in [1.807, 2.05) is 6.92 Å². The molecule has 0 radical (unpaired) electrons. The summed E-state index contributed by atoms with van der Waals surface area (Å²) in [5, 5.41) is 5.28. The van der Waals surface area contributed by atoms with Crippen molar-refractivity contribution < 1.29 is 18.7 Å². The van der Waals surface area contributed by atoms with E-state index in [-0.39, 0.29) is 11.3 Å². The number of carbonyl (C=O) groups is 2. The van der Waals surface area contributed by atoms with E-state index in [4.69, 9.17) is 4.74 Å². The molecule has 0 fully saturated rings.